The third-order valence-corrected chi connectivity index (χ3v) is 9.13. The molecule has 3 saturated carbocycles. The second-order valence-electron chi connectivity index (χ2n) is 9.97. The van der Waals surface area contributed by atoms with Crippen molar-refractivity contribution < 1.29 is 8.42 Å². The maximum atomic E-state index is 12.8. The van der Waals surface area contributed by atoms with Gasteiger partial charge >= 0.3 is 0 Å². The Hall–Kier alpha value is -2.69. The summed E-state index contributed by atoms with van der Waals surface area (Å²) in [5.41, 5.74) is 4.55. The van der Waals surface area contributed by atoms with Crippen LogP contribution in [-0.4, -0.2) is 24.0 Å². The van der Waals surface area contributed by atoms with E-state index in [0.29, 0.717) is 29.1 Å². The average Bonchev–Trinajstić information content (AvgIpc) is 3.68. The lowest BCUT2D eigenvalue weighted by Gasteiger charge is -2.30. The summed E-state index contributed by atoms with van der Waals surface area (Å²) in [7, 11) is -3.62. The highest BCUT2D eigenvalue weighted by Crippen LogP contribution is 2.45. The number of pyridine rings is 1. The molecule has 1 aromatic carbocycles. The minimum atomic E-state index is -3.62. The van der Waals surface area contributed by atoms with Crippen LogP contribution in [0.5, 0.6) is 0 Å². The molecule has 3 aromatic rings. The van der Waals surface area contributed by atoms with Gasteiger partial charge in [-0.3, -0.25) is 4.98 Å². The molecule has 170 valence electrons. The zero-order valence-electron chi connectivity index (χ0n) is 18.8. The number of aromatic nitrogens is 2. The van der Waals surface area contributed by atoms with E-state index in [0.717, 1.165) is 42.3 Å². The van der Waals surface area contributed by atoms with Gasteiger partial charge in [-0.15, -0.1) is 0 Å². The van der Waals surface area contributed by atoms with Crippen LogP contribution < -0.4 is 4.72 Å². The zero-order chi connectivity index (χ0) is 22.7. The molecule has 33 heavy (non-hydrogen) atoms. The van der Waals surface area contributed by atoms with Crippen molar-refractivity contribution in [3.8, 4) is 17.5 Å². The topological polar surface area (TPSA) is 87.8 Å². The highest BCUT2D eigenvalue weighted by molar-refractivity contribution is 7.89. The van der Waals surface area contributed by atoms with Crippen molar-refractivity contribution in [3.63, 3.8) is 0 Å². The highest BCUT2D eigenvalue weighted by Gasteiger charge is 2.32. The van der Waals surface area contributed by atoms with Crippen LogP contribution in [0.25, 0.3) is 22.3 Å². The van der Waals surface area contributed by atoms with Gasteiger partial charge in [-0.2, -0.15) is 5.26 Å². The first-order valence-electron chi connectivity index (χ1n) is 12.0. The minimum absolute atomic E-state index is 0.0679. The molecule has 6 rings (SSSR count). The van der Waals surface area contributed by atoms with Gasteiger partial charge in [-0.25, -0.2) is 13.1 Å². The van der Waals surface area contributed by atoms with Crippen LogP contribution in [0.3, 0.4) is 0 Å². The first-order valence-corrected chi connectivity index (χ1v) is 13.5. The smallest absolute Gasteiger partial charge is 0.242 e. The molecule has 0 aliphatic heterocycles. The van der Waals surface area contributed by atoms with Gasteiger partial charge in [0.05, 0.1) is 22.5 Å². The van der Waals surface area contributed by atoms with Crippen LogP contribution in [-0.2, 0) is 10.0 Å². The molecule has 2 aromatic heterocycles. The van der Waals surface area contributed by atoms with Crippen molar-refractivity contribution in [2.24, 2.45) is 5.92 Å². The lowest BCUT2D eigenvalue weighted by molar-refractivity contribution is 0.324. The monoisotopic (exact) mass is 460 g/mol. The van der Waals surface area contributed by atoms with Crippen LogP contribution in [0, 0.1) is 17.2 Å². The molecule has 3 aliphatic carbocycles. The third kappa shape index (κ3) is 3.66. The summed E-state index contributed by atoms with van der Waals surface area (Å²) in [6.07, 6.45) is 9.41. The van der Waals surface area contributed by atoms with Crippen molar-refractivity contribution in [2.75, 3.05) is 0 Å². The van der Waals surface area contributed by atoms with E-state index in [-0.39, 0.29) is 10.9 Å². The van der Waals surface area contributed by atoms with Gasteiger partial charge in [0.25, 0.3) is 0 Å². The van der Waals surface area contributed by atoms with Crippen molar-refractivity contribution >= 4 is 20.9 Å². The minimum Gasteiger partial charge on any atom is -0.335 e. The summed E-state index contributed by atoms with van der Waals surface area (Å²) in [5.74, 6) is 1.07. The Bertz CT molecular complexity index is 1370. The molecule has 6 nitrogen and oxygen atoms in total. The Morgan fingerprint density at radius 1 is 1.12 bits per heavy atom. The standard InChI is InChI=1S/C26H28N4O2S/c1-16(17-5-6-17)29-33(31,32)21-10-12-24(28-15-21)26-23(14-27)22-11-9-19(18-7-8-18)13-25(22)30(26)20-3-2-4-20/h9-13,15-18,20,29H,2-8H2,1H3/t16-/m0/s1. The van der Waals surface area contributed by atoms with Crippen LogP contribution in [0.2, 0.25) is 0 Å². The third-order valence-electron chi connectivity index (χ3n) is 7.59. The fourth-order valence-corrected chi connectivity index (χ4v) is 6.33. The molecular weight excluding hydrogens is 432 g/mol. The fraction of sp³-hybridized carbons (Fsp3) is 0.462. The number of nitrogens with zero attached hydrogens (tertiary/aromatic N) is 3. The fourth-order valence-electron chi connectivity index (χ4n) is 5.07. The number of sulfonamides is 1. The van der Waals surface area contributed by atoms with Gasteiger partial charge in [-0.05, 0) is 87.5 Å². The number of fused-ring (bicyclic) bond motifs is 1. The summed E-state index contributed by atoms with van der Waals surface area (Å²) in [4.78, 5) is 4.73. The van der Waals surface area contributed by atoms with Gasteiger partial charge in [0, 0.05) is 23.7 Å². The van der Waals surface area contributed by atoms with Crippen LogP contribution >= 0.6 is 0 Å². The summed E-state index contributed by atoms with van der Waals surface area (Å²) < 4.78 is 30.7. The molecular formula is C26H28N4O2S. The van der Waals surface area contributed by atoms with Gasteiger partial charge in [-0.1, -0.05) is 12.1 Å². The molecule has 1 atom stereocenters. The van der Waals surface area contributed by atoms with Crippen LogP contribution in [0.1, 0.15) is 75.0 Å². The Morgan fingerprint density at radius 3 is 2.48 bits per heavy atom. The summed E-state index contributed by atoms with van der Waals surface area (Å²) in [6.45, 7) is 1.92. The van der Waals surface area contributed by atoms with Crippen molar-refractivity contribution in [1.82, 2.24) is 14.3 Å². The van der Waals surface area contributed by atoms with Gasteiger partial charge in [0.15, 0.2) is 0 Å². The van der Waals surface area contributed by atoms with E-state index < -0.39 is 10.0 Å². The molecule has 7 heteroatoms. The van der Waals surface area contributed by atoms with Crippen molar-refractivity contribution in [2.45, 2.75) is 74.8 Å². The Balaban J connectivity index is 1.43. The molecule has 0 radical (unpaired) electrons. The number of hydrogen-bond acceptors (Lipinski definition) is 4. The molecule has 2 heterocycles. The normalized spacial score (nSPS) is 19.9. The highest BCUT2D eigenvalue weighted by atomic mass is 32.2. The van der Waals surface area contributed by atoms with E-state index in [1.807, 2.05) is 6.92 Å². The second kappa shape index (κ2) is 7.68. The zero-order valence-corrected chi connectivity index (χ0v) is 19.6. The Labute approximate surface area is 194 Å². The van der Waals surface area contributed by atoms with Gasteiger partial charge in [0.2, 0.25) is 10.0 Å². The average molecular weight is 461 g/mol. The van der Waals surface area contributed by atoms with Crippen molar-refractivity contribution in [3.05, 3.63) is 47.7 Å². The van der Waals surface area contributed by atoms with Crippen LogP contribution in [0.15, 0.2) is 41.4 Å². The molecule has 1 N–H and O–H groups in total. The van der Waals surface area contributed by atoms with E-state index in [1.54, 1.807) is 12.1 Å². The SMILES string of the molecule is C[C@H](NS(=O)(=O)c1ccc(-c2c(C#N)c3ccc(C4CC4)cc3n2C2CCC2)nc1)C1CC1. The number of nitrogens with one attached hydrogen (secondary N) is 1. The molecule has 0 saturated heterocycles. The number of rotatable bonds is 7. The number of benzene rings is 1. The molecule has 3 aliphatic rings. The maximum Gasteiger partial charge on any atom is 0.242 e. The predicted molar refractivity (Wildman–Crippen MR) is 127 cm³/mol. The Morgan fingerprint density at radius 2 is 1.91 bits per heavy atom. The summed E-state index contributed by atoms with van der Waals surface area (Å²) in [5, 5.41) is 11.1. The van der Waals surface area contributed by atoms with Crippen molar-refractivity contribution in [1.29, 1.82) is 5.26 Å². The molecule has 0 amide bonds. The molecule has 3 fully saturated rings. The van der Waals surface area contributed by atoms with E-state index >= 15 is 0 Å². The van der Waals surface area contributed by atoms with Gasteiger partial charge in [0.1, 0.15) is 11.0 Å². The molecule has 0 unspecified atom stereocenters. The second-order valence-corrected chi connectivity index (χ2v) is 11.7. The maximum absolute atomic E-state index is 12.8. The largest absolute Gasteiger partial charge is 0.335 e. The number of hydrogen-bond donors (Lipinski definition) is 1. The first-order chi connectivity index (χ1) is 16.0. The quantitative estimate of drug-likeness (QED) is 0.521. The van der Waals surface area contributed by atoms with E-state index in [4.69, 9.17) is 0 Å². The van der Waals surface area contributed by atoms with E-state index in [9.17, 15) is 13.7 Å². The number of nitriles is 1. The van der Waals surface area contributed by atoms with E-state index in [2.05, 4.69) is 38.5 Å². The molecule has 0 bridgehead atoms. The van der Waals surface area contributed by atoms with Crippen LogP contribution in [0.4, 0.5) is 0 Å². The lowest BCUT2D eigenvalue weighted by Crippen LogP contribution is -2.34. The lowest BCUT2D eigenvalue weighted by atomic mass is 9.92. The Kier molecular flexibility index (Phi) is 4.86. The first kappa shape index (κ1) is 20.9. The molecule has 0 spiro atoms. The van der Waals surface area contributed by atoms with E-state index in [1.165, 1.54) is 31.0 Å². The van der Waals surface area contributed by atoms with Gasteiger partial charge < -0.3 is 4.57 Å². The summed E-state index contributed by atoms with van der Waals surface area (Å²) >= 11 is 0. The predicted octanol–water partition coefficient (Wildman–Crippen LogP) is 5.25. The summed E-state index contributed by atoms with van der Waals surface area (Å²) in [6, 6.07) is 12.6.